The number of benzene rings is 1. The van der Waals surface area contributed by atoms with Gasteiger partial charge in [0.1, 0.15) is 0 Å². The first-order chi connectivity index (χ1) is 13.4. The topological polar surface area (TPSA) is 78.9 Å². The van der Waals surface area contributed by atoms with Crippen molar-refractivity contribution >= 4 is 26.5 Å². The normalized spacial score (nSPS) is 16.3. The van der Waals surface area contributed by atoms with E-state index in [1.54, 1.807) is 44.2 Å². The minimum Gasteiger partial charge on any atom is -0.469 e. The molecule has 0 N–H and O–H groups in total. The first-order valence-electron chi connectivity index (χ1n) is 9.82. The summed E-state index contributed by atoms with van der Waals surface area (Å²) in [6.07, 6.45) is -1.09. The number of hydrogen-bond donors (Lipinski definition) is 0. The number of esters is 2. The average Bonchev–Trinajstić information content (AvgIpc) is 2.68. The first-order valence-corrected chi connectivity index (χ1v) is 12.7. The third kappa shape index (κ3) is 6.50. The fourth-order valence-electron chi connectivity index (χ4n) is 2.71. The third-order valence-electron chi connectivity index (χ3n) is 5.73. The first kappa shape index (κ1) is 25.0. The zero-order valence-electron chi connectivity index (χ0n) is 18.7. The largest absolute Gasteiger partial charge is 0.469 e. The molecule has 1 rings (SSSR count). The molecule has 0 fully saturated rings. The van der Waals surface area contributed by atoms with Crippen LogP contribution in [-0.2, 0) is 23.5 Å². The fourth-order valence-corrected chi connectivity index (χ4v) is 4.17. The van der Waals surface area contributed by atoms with Crippen molar-refractivity contribution in [2.45, 2.75) is 65.0 Å². The Bertz CT molecular complexity index is 695. The van der Waals surface area contributed by atoms with Crippen LogP contribution in [0.4, 0.5) is 0 Å². The molecule has 0 spiro atoms. The van der Waals surface area contributed by atoms with E-state index in [2.05, 4.69) is 33.9 Å². The molecule has 29 heavy (non-hydrogen) atoms. The molecule has 6 nitrogen and oxygen atoms in total. The maximum absolute atomic E-state index is 12.4. The molecule has 0 saturated heterocycles. The van der Waals surface area contributed by atoms with E-state index in [1.165, 1.54) is 7.11 Å². The highest BCUT2D eigenvalue weighted by Crippen LogP contribution is 2.39. The van der Waals surface area contributed by atoms with Gasteiger partial charge in [-0.15, -0.1) is 0 Å². The second-order valence-electron chi connectivity index (χ2n) is 8.89. The molecule has 0 radical (unpaired) electrons. The Morgan fingerprint density at radius 1 is 1.07 bits per heavy atom. The second-order valence-corrected chi connectivity index (χ2v) is 13.6. The summed E-state index contributed by atoms with van der Waals surface area (Å²) >= 11 is 0. The summed E-state index contributed by atoms with van der Waals surface area (Å²) in [5.41, 5.74) is 0.356. The maximum atomic E-state index is 12.4. The lowest BCUT2D eigenvalue weighted by Crippen LogP contribution is -2.51. The second kappa shape index (κ2) is 10.2. The Morgan fingerprint density at radius 3 is 2.07 bits per heavy atom. The van der Waals surface area contributed by atoms with E-state index in [0.717, 1.165) is 0 Å². The van der Waals surface area contributed by atoms with Gasteiger partial charge in [-0.2, -0.15) is 0 Å². The highest BCUT2D eigenvalue weighted by atomic mass is 28.4. The molecule has 0 saturated carbocycles. The quantitative estimate of drug-likeness (QED) is 0.336. The van der Waals surface area contributed by atoms with Crippen LogP contribution in [0.2, 0.25) is 18.1 Å². The Morgan fingerprint density at radius 2 is 1.62 bits per heavy atom. The Hall–Kier alpha value is -1.99. The zero-order valence-corrected chi connectivity index (χ0v) is 19.7. The van der Waals surface area contributed by atoms with Crippen molar-refractivity contribution in [1.29, 1.82) is 0 Å². The predicted molar refractivity (Wildman–Crippen MR) is 114 cm³/mol. The molecular weight excluding hydrogens is 388 g/mol. The molecule has 0 aliphatic rings. The van der Waals surface area contributed by atoms with Crippen molar-refractivity contribution in [3.05, 3.63) is 35.9 Å². The molecule has 0 aliphatic heterocycles. The summed E-state index contributed by atoms with van der Waals surface area (Å²) < 4.78 is 16.9. The highest BCUT2D eigenvalue weighted by molar-refractivity contribution is 6.74. The molecule has 0 unspecified atom stereocenters. The smallest absolute Gasteiger partial charge is 0.338 e. The Kier molecular flexibility index (Phi) is 8.77. The van der Waals surface area contributed by atoms with Crippen LogP contribution in [0, 0.1) is 11.8 Å². The van der Waals surface area contributed by atoms with Crippen LogP contribution in [0.3, 0.4) is 0 Å². The van der Waals surface area contributed by atoms with Gasteiger partial charge in [-0.25, -0.2) is 4.79 Å². The summed E-state index contributed by atoms with van der Waals surface area (Å²) in [6, 6.07) is 8.47. The van der Waals surface area contributed by atoms with Gasteiger partial charge in [0.25, 0.3) is 0 Å². The van der Waals surface area contributed by atoms with Crippen molar-refractivity contribution in [3.63, 3.8) is 0 Å². The van der Waals surface area contributed by atoms with Gasteiger partial charge in [0.05, 0.1) is 24.7 Å². The van der Waals surface area contributed by atoms with Gasteiger partial charge in [-0.05, 0) is 37.2 Å². The van der Waals surface area contributed by atoms with Crippen molar-refractivity contribution in [3.8, 4) is 0 Å². The summed E-state index contributed by atoms with van der Waals surface area (Å²) in [4.78, 5) is 36.5. The zero-order chi connectivity index (χ0) is 22.4. The van der Waals surface area contributed by atoms with Gasteiger partial charge in [0, 0.05) is 5.92 Å². The van der Waals surface area contributed by atoms with Crippen LogP contribution in [-0.4, -0.2) is 45.9 Å². The molecule has 7 heteroatoms. The van der Waals surface area contributed by atoms with E-state index >= 15 is 0 Å². The highest BCUT2D eigenvalue weighted by Gasteiger charge is 2.45. The van der Waals surface area contributed by atoms with Gasteiger partial charge in [0.2, 0.25) is 0 Å². The molecule has 0 bridgehead atoms. The Balaban J connectivity index is 3.15. The number of rotatable bonds is 9. The van der Waals surface area contributed by atoms with Gasteiger partial charge >= 0.3 is 11.9 Å². The predicted octanol–water partition coefficient (Wildman–Crippen LogP) is 4.25. The van der Waals surface area contributed by atoms with Gasteiger partial charge in [0.15, 0.2) is 20.7 Å². The number of hydrogen-bond acceptors (Lipinski definition) is 6. The van der Waals surface area contributed by atoms with E-state index in [9.17, 15) is 14.4 Å². The standard InChI is InChI=1S/C22H34O6Si/c1-15(18(14-23)27-21(25)17-12-10-9-11-13-17)19(16(2)20(24)26-6)28-29(7,8)22(3,4)5/h9-16,18-19H,1-8H3/t15-,16+,18+,19+/m0/s1. The lowest BCUT2D eigenvalue weighted by Gasteiger charge is -2.42. The SMILES string of the molecule is COC(=O)[C@H](C)[C@H](O[Si](C)(C)C(C)(C)C)[C@@H](C)[C@@H](C=O)OC(=O)c1ccccc1. The maximum Gasteiger partial charge on any atom is 0.338 e. The van der Waals surface area contributed by atoms with E-state index < -0.39 is 44.3 Å². The van der Waals surface area contributed by atoms with Crippen LogP contribution in [0.1, 0.15) is 45.0 Å². The molecular formula is C22H34O6Si. The van der Waals surface area contributed by atoms with Gasteiger partial charge in [-0.1, -0.05) is 45.9 Å². The van der Waals surface area contributed by atoms with E-state index in [1.807, 2.05) is 0 Å². The van der Waals surface area contributed by atoms with Crippen molar-refractivity contribution in [1.82, 2.24) is 0 Å². The van der Waals surface area contributed by atoms with Gasteiger partial charge in [-0.3, -0.25) is 9.59 Å². The number of methoxy groups -OCH3 is 1. The molecule has 162 valence electrons. The Labute approximate surface area is 175 Å². The minimum absolute atomic E-state index is 0.0990. The molecule has 0 heterocycles. The average molecular weight is 423 g/mol. The van der Waals surface area contributed by atoms with Crippen molar-refractivity contribution in [2.24, 2.45) is 11.8 Å². The fraction of sp³-hybridized carbons (Fsp3) is 0.591. The van der Waals surface area contributed by atoms with E-state index in [-0.39, 0.29) is 5.04 Å². The van der Waals surface area contributed by atoms with Crippen LogP contribution < -0.4 is 0 Å². The summed E-state index contributed by atoms with van der Waals surface area (Å²) in [5, 5.41) is -0.0990. The van der Waals surface area contributed by atoms with Crippen LogP contribution >= 0.6 is 0 Å². The summed E-state index contributed by atoms with van der Waals surface area (Å²) in [6.45, 7) is 13.9. The monoisotopic (exact) mass is 422 g/mol. The van der Waals surface area contributed by atoms with E-state index in [0.29, 0.717) is 11.8 Å². The number of carbonyl (C=O) groups excluding carboxylic acids is 3. The third-order valence-corrected chi connectivity index (χ3v) is 10.2. The van der Waals surface area contributed by atoms with Crippen LogP contribution in [0.15, 0.2) is 30.3 Å². The lowest BCUT2D eigenvalue weighted by molar-refractivity contribution is -0.151. The van der Waals surface area contributed by atoms with Gasteiger partial charge < -0.3 is 13.9 Å². The van der Waals surface area contributed by atoms with Crippen LogP contribution in [0.25, 0.3) is 0 Å². The summed E-state index contributed by atoms with van der Waals surface area (Å²) in [5.74, 6) is -2.18. The molecule has 0 amide bonds. The van der Waals surface area contributed by atoms with E-state index in [4.69, 9.17) is 13.9 Å². The molecule has 0 aromatic heterocycles. The molecule has 1 aromatic rings. The van der Waals surface area contributed by atoms with Crippen molar-refractivity contribution in [2.75, 3.05) is 7.11 Å². The van der Waals surface area contributed by atoms with Crippen molar-refractivity contribution < 1.29 is 28.3 Å². The molecule has 0 aliphatic carbocycles. The number of aldehydes is 1. The number of ether oxygens (including phenoxy) is 2. The molecule has 4 atom stereocenters. The van der Waals surface area contributed by atoms with Crippen LogP contribution in [0.5, 0.6) is 0 Å². The summed E-state index contributed by atoms with van der Waals surface area (Å²) in [7, 11) is -0.960. The number of carbonyl (C=O) groups is 3. The molecule has 1 aromatic carbocycles. The lowest BCUT2D eigenvalue weighted by atomic mass is 9.89. The minimum atomic E-state index is -2.28.